The molecular weight excluding hydrogens is 603 g/mol. The minimum Gasteiger partial charge on any atom is -0.748 e. The van der Waals surface area contributed by atoms with Crippen LogP contribution in [0, 0.1) is 0 Å². The second-order valence-corrected chi connectivity index (χ2v) is 10.2. The molecule has 0 spiro atoms. The molecule has 0 atom stereocenters. The molecule has 0 saturated carbocycles. The third-order valence-electron chi connectivity index (χ3n) is 1.41. The fourth-order valence-corrected chi connectivity index (χ4v) is 0. The largest absolute Gasteiger partial charge is 0.748 e. The maximum atomic E-state index is 9.44. The van der Waals surface area contributed by atoms with Crippen molar-refractivity contribution in [1.29, 1.82) is 0 Å². The topological polar surface area (TPSA) is 229 Å². The molecular formula is C8H20O12ReS4-4. The van der Waals surface area contributed by atoms with Gasteiger partial charge in [-0.15, -0.1) is 0 Å². The van der Waals surface area contributed by atoms with E-state index in [1.807, 2.05) is 0 Å². The van der Waals surface area contributed by atoms with Crippen molar-refractivity contribution in [3.8, 4) is 0 Å². The average Bonchev–Trinajstić information content (AvgIpc) is 2.37. The summed E-state index contributed by atoms with van der Waals surface area (Å²) >= 11 is 0. The third kappa shape index (κ3) is 79.9. The number of hydrogen-bond donors (Lipinski definition) is 0. The molecule has 0 aromatic rings. The SMILES string of the molecule is CCS(=O)(=O)[O-].CCS(=O)(=O)[O-].CCS(=O)(=O)[O-].CCS(=O)(=O)[O-].[Re]. The Kier molecular flexibility index (Phi) is 23.9. The van der Waals surface area contributed by atoms with E-state index in [1.54, 1.807) is 0 Å². The number of hydrogen-bond acceptors (Lipinski definition) is 12. The second-order valence-electron chi connectivity index (χ2n) is 3.39. The van der Waals surface area contributed by atoms with Crippen molar-refractivity contribution in [2.45, 2.75) is 27.7 Å². The van der Waals surface area contributed by atoms with Crippen LogP contribution in [0.5, 0.6) is 0 Å². The van der Waals surface area contributed by atoms with Gasteiger partial charge in [-0.1, -0.05) is 27.7 Å². The Labute approximate surface area is 163 Å². The van der Waals surface area contributed by atoms with Gasteiger partial charge in [0.15, 0.2) is 0 Å². The minimum absolute atomic E-state index is 0. The van der Waals surface area contributed by atoms with Crippen LogP contribution in [0.1, 0.15) is 27.7 Å². The molecule has 0 heterocycles. The zero-order chi connectivity index (χ0) is 20.8. The van der Waals surface area contributed by atoms with Gasteiger partial charge in [0, 0.05) is 43.4 Å². The third-order valence-corrected chi connectivity index (χ3v) is 4.24. The van der Waals surface area contributed by atoms with Crippen molar-refractivity contribution in [2.24, 2.45) is 0 Å². The predicted octanol–water partition coefficient (Wildman–Crippen LogP) is -1.80. The van der Waals surface area contributed by atoms with E-state index in [4.69, 9.17) is 0 Å². The van der Waals surface area contributed by atoms with E-state index in [-0.39, 0.29) is 43.4 Å². The molecule has 25 heavy (non-hydrogen) atoms. The molecule has 0 aliphatic rings. The van der Waals surface area contributed by atoms with E-state index >= 15 is 0 Å². The zero-order valence-electron chi connectivity index (χ0n) is 13.7. The fraction of sp³-hybridized carbons (Fsp3) is 1.00. The van der Waals surface area contributed by atoms with Gasteiger partial charge in [0.05, 0.1) is 40.5 Å². The normalized spacial score (nSPS) is 11.2. The Balaban J connectivity index is -0.0000000702. The minimum atomic E-state index is -3.91. The van der Waals surface area contributed by atoms with E-state index in [0.29, 0.717) is 0 Å². The van der Waals surface area contributed by atoms with Gasteiger partial charge in [0.25, 0.3) is 0 Å². The van der Waals surface area contributed by atoms with Gasteiger partial charge in [-0.3, -0.25) is 0 Å². The van der Waals surface area contributed by atoms with E-state index in [9.17, 15) is 51.9 Å². The summed E-state index contributed by atoms with van der Waals surface area (Å²) in [5.41, 5.74) is 0. The Morgan fingerprint density at radius 1 is 0.440 bits per heavy atom. The molecule has 0 aliphatic carbocycles. The molecule has 12 nitrogen and oxygen atoms in total. The molecule has 0 saturated heterocycles. The first-order valence-electron chi connectivity index (χ1n) is 5.98. The zero-order valence-corrected chi connectivity index (χ0v) is 19.7. The van der Waals surface area contributed by atoms with Gasteiger partial charge in [0.2, 0.25) is 0 Å². The maximum Gasteiger partial charge on any atom is 0.0943 e. The van der Waals surface area contributed by atoms with Crippen molar-refractivity contribution in [1.82, 2.24) is 0 Å². The van der Waals surface area contributed by atoms with Gasteiger partial charge in [0.1, 0.15) is 0 Å². The van der Waals surface area contributed by atoms with E-state index in [0.717, 1.165) is 0 Å². The van der Waals surface area contributed by atoms with Crippen LogP contribution in [-0.4, -0.2) is 74.9 Å². The van der Waals surface area contributed by atoms with Crippen LogP contribution in [0.3, 0.4) is 0 Å². The van der Waals surface area contributed by atoms with Crippen molar-refractivity contribution in [3.05, 3.63) is 0 Å². The molecule has 0 N–H and O–H groups in total. The van der Waals surface area contributed by atoms with Crippen LogP contribution in [0.15, 0.2) is 0 Å². The fourth-order valence-electron chi connectivity index (χ4n) is 0. The molecule has 17 heteroatoms. The first-order valence-corrected chi connectivity index (χ1v) is 12.3. The van der Waals surface area contributed by atoms with Crippen LogP contribution < -0.4 is 0 Å². The molecule has 0 fully saturated rings. The molecule has 0 aliphatic heterocycles. The molecule has 0 bridgehead atoms. The van der Waals surface area contributed by atoms with E-state index < -0.39 is 40.5 Å². The molecule has 0 unspecified atom stereocenters. The molecule has 0 rings (SSSR count). The van der Waals surface area contributed by atoms with Crippen LogP contribution in [0.4, 0.5) is 0 Å². The monoisotopic (exact) mass is 623 g/mol. The summed E-state index contributed by atoms with van der Waals surface area (Å²) in [6, 6.07) is 0. The average molecular weight is 623 g/mol. The smallest absolute Gasteiger partial charge is 0.0943 e. The molecule has 0 aromatic heterocycles. The second kappa shape index (κ2) is 16.5. The van der Waals surface area contributed by atoms with Crippen molar-refractivity contribution < 1.29 is 72.3 Å². The Bertz CT molecular complexity index is 577. The van der Waals surface area contributed by atoms with Crippen molar-refractivity contribution in [2.75, 3.05) is 23.0 Å². The first-order chi connectivity index (χ1) is 10.2. The molecule has 159 valence electrons. The number of rotatable bonds is 4. The Morgan fingerprint density at radius 2 is 0.480 bits per heavy atom. The van der Waals surface area contributed by atoms with Gasteiger partial charge in [-0.05, 0) is 0 Å². The molecule has 1 radical (unpaired) electrons. The summed E-state index contributed by atoms with van der Waals surface area (Å²) in [6.07, 6.45) is 0. The molecule has 0 amide bonds. The predicted molar refractivity (Wildman–Crippen MR) is 81.0 cm³/mol. The van der Waals surface area contributed by atoms with Crippen LogP contribution in [0.2, 0.25) is 0 Å². The summed E-state index contributed by atoms with van der Waals surface area (Å²) in [4.78, 5) is 0. The van der Waals surface area contributed by atoms with Crippen molar-refractivity contribution >= 4 is 40.5 Å². The van der Waals surface area contributed by atoms with Crippen LogP contribution >= 0.6 is 0 Å². The standard InChI is InChI=1S/4C2H6O3S.Re/c4*1-2-6(3,4)5;/h4*2H2,1H3,(H,3,4,5);/p-4. The van der Waals surface area contributed by atoms with Gasteiger partial charge in [-0.2, -0.15) is 0 Å². The first kappa shape index (κ1) is 36.3. The quantitative estimate of drug-likeness (QED) is 0.316. The van der Waals surface area contributed by atoms with Crippen LogP contribution in [-0.2, 0) is 60.9 Å². The summed E-state index contributed by atoms with van der Waals surface area (Å²) in [5.74, 6) is -1.25. The van der Waals surface area contributed by atoms with Crippen LogP contribution in [0.25, 0.3) is 0 Å². The maximum absolute atomic E-state index is 9.44. The summed E-state index contributed by atoms with van der Waals surface area (Å²) in [5, 5.41) is 0. The van der Waals surface area contributed by atoms with Gasteiger partial charge < -0.3 is 18.2 Å². The van der Waals surface area contributed by atoms with Gasteiger partial charge >= 0.3 is 0 Å². The van der Waals surface area contributed by atoms with E-state index in [2.05, 4.69) is 0 Å². The Hall–Kier alpha value is 0.302. The molecule has 0 aromatic carbocycles. The Morgan fingerprint density at radius 3 is 0.480 bits per heavy atom. The summed E-state index contributed by atoms with van der Waals surface area (Å²) < 4.78 is 113. The van der Waals surface area contributed by atoms with Gasteiger partial charge in [-0.25, -0.2) is 33.7 Å². The van der Waals surface area contributed by atoms with Crippen molar-refractivity contribution in [3.63, 3.8) is 0 Å². The summed E-state index contributed by atoms with van der Waals surface area (Å²) in [6.45, 7) is 5.23. The summed E-state index contributed by atoms with van der Waals surface area (Å²) in [7, 11) is -15.6. The van der Waals surface area contributed by atoms with E-state index in [1.165, 1.54) is 27.7 Å².